The molecule has 0 N–H and O–H groups in total. The van der Waals surface area contributed by atoms with Crippen LogP contribution in [0.2, 0.25) is 0 Å². The van der Waals surface area contributed by atoms with Gasteiger partial charge in [0.05, 0.1) is 12.4 Å². The lowest BCUT2D eigenvalue weighted by Crippen LogP contribution is -2.17. The van der Waals surface area contributed by atoms with E-state index in [2.05, 4.69) is 10.2 Å². The molecule has 0 aliphatic carbocycles. The van der Waals surface area contributed by atoms with Crippen molar-refractivity contribution in [3.63, 3.8) is 0 Å². The first-order chi connectivity index (χ1) is 6.20. The predicted octanol–water partition coefficient (Wildman–Crippen LogP) is 1.53. The third kappa shape index (κ3) is 4.40. The lowest BCUT2D eigenvalue weighted by atomic mass is 10.1. The monoisotopic (exact) mass is 183 g/mol. The van der Waals surface area contributed by atoms with Crippen molar-refractivity contribution in [1.29, 1.82) is 0 Å². The first-order valence-electron chi connectivity index (χ1n) is 4.57. The van der Waals surface area contributed by atoms with Crippen LogP contribution in [0.25, 0.3) is 0 Å². The van der Waals surface area contributed by atoms with Gasteiger partial charge in [0.25, 0.3) is 0 Å². The van der Waals surface area contributed by atoms with Crippen molar-refractivity contribution in [1.82, 2.24) is 15.0 Å². The third-order valence-electron chi connectivity index (χ3n) is 1.41. The van der Waals surface area contributed by atoms with Gasteiger partial charge in [0.2, 0.25) is 0 Å². The Labute approximate surface area is 78.9 Å². The van der Waals surface area contributed by atoms with Crippen LogP contribution in [0, 0.1) is 5.92 Å². The number of ketones is 1. The minimum atomic E-state index is 0.0565. The van der Waals surface area contributed by atoms with Gasteiger partial charge < -0.3 is 0 Å². The number of carbonyl (C=O) groups excluding carboxylic acids is 1. The molecule has 0 aromatic carbocycles. The maximum atomic E-state index is 11.1. The van der Waals surface area contributed by atoms with Crippen LogP contribution < -0.4 is 0 Å². The number of rotatable bonds is 3. The second-order valence-electron chi connectivity index (χ2n) is 2.68. The maximum Gasteiger partial charge on any atom is 0.158 e. The molecule has 0 saturated carbocycles. The fourth-order valence-corrected chi connectivity index (χ4v) is 0.647. The minimum absolute atomic E-state index is 0.0565. The highest BCUT2D eigenvalue weighted by atomic mass is 16.1. The van der Waals surface area contributed by atoms with Gasteiger partial charge >= 0.3 is 0 Å². The number of carbonyl (C=O) groups is 1. The van der Waals surface area contributed by atoms with Gasteiger partial charge in [0.1, 0.15) is 6.54 Å². The van der Waals surface area contributed by atoms with E-state index in [-0.39, 0.29) is 18.2 Å². The zero-order chi connectivity index (χ0) is 10.3. The van der Waals surface area contributed by atoms with E-state index in [1.165, 1.54) is 4.80 Å². The van der Waals surface area contributed by atoms with Crippen LogP contribution in [0.15, 0.2) is 12.4 Å². The summed E-state index contributed by atoms with van der Waals surface area (Å²) in [6.07, 6.45) is 3.13. The smallest absolute Gasteiger partial charge is 0.158 e. The molecule has 0 atom stereocenters. The summed E-state index contributed by atoms with van der Waals surface area (Å²) >= 11 is 0. The maximum absolute atomic E-state index is 11.1. The Hall–Kier alpha value is -1.19. The lowest BCUT2D eigenvalue weighted by Gasteiger charge is -2.01. The summed E-state index contributed by atoms with van der Waals surface area (Å²) in [4.78, 5) is 12.5. The topological polar surface area (TPSA) is 47.8 Å². The zero-order valence-corrected chi connectivity index (χ0v) is 8.69. The molecule has 0 amide bonds. The Balaban J connectivity index is 0.000000671. The second kappa shape index (κ2) is 6.34. The Morgan fingerprint density at radius 2 is 1.77 bits per heavy atom. The molecule has 1 heterocycles. The number of hydrogen-bond donors (Lipinski definition) is 0. The molecule has 13 heavy (non-hydrogen) atoms. The minimum Gasteiger partial charge on any atom is -0.297 e. The van der Waals surface area contributed by atoms with E-state index in [0.717, 1.165) is 0 Å². The van der Waals surface area contributed by atoms with E-state index in [0.29, 0.717) is 0 Å². The molecule has 0 fully saturated rings. The van der Waals surface area contributed by atoms with E-state index in [9.17, 15) is 4.79 Å². The quantitative estimate of drug-likeness (QED) is 0.714. The molecule has 0 aliphatic rings. The van der Waals surface area contributed by atoms with Gasteiger partial charge in [0.15, 0.2) is 5.78 Å². The van der Waals surface area contributed by atoms with Gasteiger partial charge in [-0.25, -0.2) is 0 Å². The van der Waals surface area contributed by atoms with Crippen LogP contribution in [0.1, 0.15) is 27.7 Å². The molecule has 0 unspecified atom stereocenters. The standard InChI is InChI=1S/C7H11N3O.C2H6/c1-6(2)7(11)5-10-8-3-4-9-10;1-2/h3-4,6H,5H2,1-2H3;1-2H3. The molecule has 0 radical (unpaired) electrons. The van der Waals surface area contributed by atoms with Crippen LogP contribution in [-0.2, 0) is 11.3 Å². The van der Waals surface area contributed by atoms with Crippen molar-refractivity contribution in [3.05, 3.63) is 12.4 Å². The highest BCUT2D eigenvalue weighted by molar-refractivity contribution is 5.79. The first-order valence-corrected chi connectivity index (χ1v) is 4.57. The van der Waals surface area contributed by atoms with Crippen molar-refractivity contribution < 1.29 is 4.79 Å². The van der Waals surface area contributed by atoms with Crippen molar-refractivity contribution in [2.75, 3.05) is 0 Å². The van der Waals surface area contributed by atoms with Gasteiger partial charge in [-0.15, -0.1) is 0 Å². The molecule has 0 bridgehead atoms. The van der Waals surface area contributed by atoms with Crippen LogP contribution in [0.5, 0.6) is 0 Å². The fraction of sp³-hybridized carbons (Fsp3) is 0.667. The highest BCUT2D eigenvalue weighted by Gasteiger charge is 2.07. The SMILES string of the molecule is CC.CC(C)C(=O)Cn1nccn1. The average Bonchev–Trinajstić information content (AvgIpc) is 2.60. The largest absolute Gasteiger partial charge is 0.297 e. The van der Waals surface area contributed by atoms with Gasteiger partial charge in [-0.3, -0.25) is 4.79 Å². The molecule has 74 valence electrons. The average molecular weight is 183 g/mol. The Kier molecular flexibility index (Phi) is 5.76. The van der Waals surface area contributed by atoms with Gasteiger partial charge in [-0.1, -0.05) is 27.7 Å². The molecule has 1 aromatic rings. The van der Waals surface area contributed by atoms with Crippen LogP contribution >= 0.6 is 0 Å². The molecule has 4 nitrogen and oxygen atoms in total. The fourth-order valence-electron chi connectivity index (χ4n) is 0.647. The van der Waals surface area contributed by atoms with E-state index in [4.69, 9.17) is 0 Å². The summed E-state index contributed by atoms with van der Waals surface area (Å²) in [7, 11) is 0. The van der Waals surface area contributed by atoms with Gasteiger partial charge in [-0.2, -0.15) is 15.0 Å². The summed E-state index contributed by atoms with van der Waals surface area (Å²) in [6, 6.07) is 0. The van der Waals surface area contributed by atoms with Gasteiger partial charge in [-0.05, 0) is 0 Å². The molecule has 0 spiro atoms. The normalized spacial score (nSPS) is 9.31. The third-order valence-corrected chi connectivity index (χ3v) is 1.41. The van der Waals surface area contributed by atoms with E-state index in [1.807, 2.05) is 27.7 Å². The first kappa shape index (κ1) is 11.8. The summed E-state index contributed by atoms with van der Waals surface area (Å²) in [5.41, 5.74) is 0. The van der Waals surface area contributed by atoms with Crippen LogP contribution in [0.4, 0.5) is 0 Å². The van der Waals surface area contributed by atoms with E-state index < -0.39 is 0 Å². The van der Waals surface area contributed by atoms with Crippen LogP contribution in [-0.4, -0.2) is 20.8 Å². The van der Waals surface area contributed by atoms with Crippen molar-refractivity contribution in [3.8, 4) is 0 Å². The van der Waals surface area contributed by atoms with Crippen molar-refractivity contribution in [2.45, 2.75) is 34.2 Å². The molecule has 1 aromatic heterocycles. The summed E-state index contributed by atoms with van der Waals surface area (Å²) < 4.78 is 0. The number of Topliss-reactive ketones (excluding diaryl/α,β-unsaturated/α-hetero) is 1. The zero-order valence-electron chi connectivity index (χ0n) is 8.69. The Bertz CT molecular complexity index is 229. The number of aromatic nitrogens is 3. The summed E-state index contributed by atoms with van der Waals surface area (Å²) in [6.45, 7) is 8.02. The molecule has 4 heteroatoms. The van der Waals surface area contributed by atoms with E-state index >= 15 is 0 Å². The Morgan fingerprint density at radius 1 is 1.31 bits per heavy atom. The van der Waals surface area contributed by atoms with E-state index in [1.54, 1.807) is 12.4 Å². The molecule has 0 saturated heterocycles. The lowest BCUT2D eigenvalue weighted by molar-refractivity contribution is -0.122. The predicted molar refractivity (Wildman–Crippen MR) is 51.2 cm³/mol. The molecular formula is C9H17N3O. The number of nitrogens with zero attached hydrogens (tertiary/aromatic N) is 3. The van der Waals surface area contributed by atoms with Crippen molar-refractivity contribution >= 4 is 5.78 Å². The summed E-state index contributed by atoms with van der Waals surface area (Å²) in [5.74, 6) is 0.210. The van der Waals surface area contributed by atoms with Gasteiger partial charge in [0, 0.05) is 5.92 Å². The number of hydrogen-bond acceptors (Lipinski definition) is 3. The molecular weight excluding hydrogens is 166 g/mol. The summed E-state index contributed by atoms with van der Waals surface area (Å²) in [5, 5.41) is 7.65. The second-order valence-corrected chi connectivity index (χ2v) is 2.68. The van der Waals surface area contributed by atoms with Crippen LogP contribution in [0.3, 0.4) is 0 Å². The molecule has 0 aliphatic heterocycles. The highest BCUT2D eigenvalue weighted by Crippen LogP contribution is 1.95. The van der Waals surface area contributed by atoms with Crippen molar-refractivity contribution in [2.24, 2.45) is 5.92 Å². The molecule has 1 rings (SSSR count). The Morgan fingerprint density at radius 3 is 2.15 bits per heavy atom.